The van der Waals surface area contributed by atoms with Gasteiger partial charge < -0.3 is 14.6 Å². The van der Waals surface area contributed by atoms with Crippen LogP contribution in [-0.4, -0.2) is 51.3 Å². The topological polar surface area (TPSA) is 88.2 Å². The Morgan fingerprint density at radius 1 is 1.37 bits per heavy atom. The van der Waals surface area contributed by atoms with Crippen molar-refractivity contribution in [3.63, 3.8) is 0 Å². The monoisotopic (exact) mass is 444 g/mol. The van der Waals surface area contributed by atoms with Crippen LogP contribution in [0.1, 0.15) is 29.2 Å². The first-order valence-corrected chi connectivity index (χ1v) is 11.9. The minimum atomic E-state index is -0.192. The smallest absolute Gasteiger partial charge is 0.258 e. The van der Waals surface area contributed by atoms with Crippen LogP contribution in [0.3, 0.4) is 0 Å². The normalized spacial score (nSPS) is 16.3. The van der Waals surface area contributed by atoms with Crippen LogP contribution >= 0.6 is 23.1 Å². The Kier molecular flexibility index (Phi) is 6.50. The molecule has 0 bridgehead atoms. The molecule has 3 aromatic rings. The maximum atomic E-state index is 13.2. The number of nitrogens with one attached hydrogen (secondary N) is 1. The van der Waals surface area contributed by atoms with Gasteiger partial charge in [-0.1, -0.05) is 23.9 Å². The number of rotatable bonds is 7. The van der Waals surface area contributed by atoms with E-state index in [0.717, 1.165) is 34.4 Å². The molecule has 3 heterocycles. The number of nitrogens with zero attached hydrogens (tertiary/aromatic N) is 3. The van der Waals surface area contributed by atoms with Gasteiger partial charge in [-0.3, -0.25) is 9.59 Å². The molecule has 1 saturated heterocycles. The molecule has 1 aliphatic rings. The zero-order chi connectivity index (χ0) is 21.1. The molecule has 0 spiro atoms. The fourth-order valence-electron chi connectivity index (χ4n) is 3.58. The molecule has 0 radical (unpaired) electrons. The van der Waals surface area contributed by atoms with E-state index < -0.39 is 0 Å². The maximum absolute atomic E-state index is 13.2. The van der Waals surface area contributed by atoms with Crippen molar-refractivity contribution in [2.45, 2.75) is 43.2 Å². The van der Waals surface area contributed by atoms with Gasteiger partial charge in [0.2, 0.25) is 5.91 Å². The van der Waals surface area contributed by atoms with Crippen LogP contribution in [0.5, 0.6) is 0 Å². The van der Waals surface area contributed by atoms with E-state index >= 15 is 0 Å². The molecule has 1 aromatic carbocycles. The Morgan fingerprint density at radius 3 is 2.93 bits per heavy atom. The molecule has 30 heavy (non-hydrogen) atoms. The molecule has 2 aromatic heterocycles. The lowest BCUT2D eigenvalue weighted by Crippen LogP contribution is -2.38. The second-order valence-electron chi connectivity index (χ2n) is 7.31. The van der Waals surface area contributed by atoms with Crippen LogP contribution in [0.15, 0.2) is 33.4 Å². The molecule has 0 saturated carbocycles. The number of ether oxygens (including phenoxy) is 1. The van der Waals surface area contributed by atoms with Crippen molar-refractivity contribution in [3.05, 3.63) is 51.0 Å². The Hall–Kier alpha value is -2.23. The summed E-state index contributed by atoms with van der Waals surface area (Å²) in [5, 5.41) is 0.545. The van der Waals surface area contributed by atoms with Gasteiger partial charge in [-0.25, -0.2) is 9.97 Å². The number of thioether (sulfide) groups is 1. The van der Waals surface area contributed by atoms with Crippen LogP contribution in [-0.2, 0) is 22.5 Å². The van der Waals surface area contributed by atoms with Crippen LogP contribution in [0.4, 0.5) is 0 Å². The van der Waals surface area contributed by atoms with Gasteiger partial charge in [-0.15, -0.1) is 11.3 Å². The van der Waals surface area contributed by atoms with Gasteiger partial charge in [0.15, 0.2) is 0 Å². The average molecular weight is 445 g/mol. The van der Waals surface area contributed by atoms with Crippen LogP contribution in [0.25, 0.3) is 10.9 Å². The van der Waals surface area contributed by atoms with Gasteiger partial charge in [0.25, 0.3) is 5.56 Å². The summed E-state index contributed by atoms with van der Waals surface area (Å²) in [5.41, 5.74) is 1.33. The summed E-state index contributed by atoms with van der Waals surface area (Å²) >= 11 is 3.14. The molecule has 1 fully saturated rings. The highest BCUT2D eigenvalue weighted by molar-refractivity contribution is 8.00. The van der Waals surface area contributed by atoms with E-state index in [1.165, 1.54) is 0 Å². The molecule has 7 nitrogen and oxygen atoms in total. The number of amides is 1. The van der Waals surface area contributed by atoms with Gasteiger partial charge in [-0.05, 0) is 38.2 Å². The number of thiazole rings is 1. The molecule has 158 valence electrons. The average Bonchev–Trinajstić information content (AvgIpc) is 3.37. The molecule has 1 amide bonds. The first kappa shape index (κ1) is 21.0. The maximum Gasteiger partial charge on any atom is 0.258 e. The van der Waals surface area contributed by atoms with Gasteiger partial charge in [0.05, 0.1) is 35.7 Å². The number of benzene rings is 1. The Morgan fingerprint density at radius 2 is 2.20 bits per heavy atom. The highest BCUT2D eigenvalue weighted by Crippen LogP contribution is 2.26. The predicted molar refractivity (Wildman–Crippen MR) is 119 cm³/mol. The number of aromatic nitrogens is 3. The summed E-state index contributed by atoms with van der Waals surface area (Å²) in [6, 6.07) is 7.22. The van der Waals surface area contributed by atoms with E-state index in [4.69, 9.17) is 4.74 Å². The Bertz CT molecular complexity index is 1110. The highest BCUT2D eigenvalue weighted by Gasteiger charge is 2.25. The number of aromatic amines is 1. The van der Waals surface area contributed by atoms with Crippen molar-refractivity contribution in [2.24, 2.45) is 0 Å². The quantitative estimate of drug-likeness (QED) is 0.563. The number of fused-ring (bicyclic) bond motifs is 1. The SMILES string of the molecule is CSc1nc(C)c(CC(=O)N(Cc2nc3ccccc3c(=O)[nH]2)C[C@@H]2CCCO2)s1. The first-order valence-electron chi connectivity index (χ1n) is 9.91. The summed E-state index contributed by atoms with van der Waals surface area (Å²) in [6.07, 6.45) is 4.22. The Balaban J connectivity index is 1.58. The largest absolute Gasteiger partial charge is 0.376 e. The minimum Gasteiger partial charge on any atom is -0.376 e. The van der Waals surface area contributed by atoms with Crippen molar-refractivity contribution in [2.75, 3.05) is 19.4 Å². The molecule has 1 atom stereocenters. The van der Waals surface area contributed by atoms with Crippen molar-refractivity contribution in [1.29, 1.82) is 0 Å². The van der Waals surface area contributed by atoms with Crippen LogP contribution in [0.2, 0.25) is 0 Å². The molecule has 0 aliphatic carbocycles. The second kappa shape index (κ2) is 9.28. The number of para-hydroxylation sites is 1. The molecule has 1 aliphatic heterocycles. The van der Waals surface area contributed by atoms with E-state index in [1.807, 2.05) is 31.4 Å². The summed E-state index contributed by atoms with van der Waals surface area (Å²) in [5.74, 6) is 0.469. The molecule has 9 heteroatoms. The number of carbonyl (C=O) groups is 1. The van der Waals surface area contributed by atoms with Crippen molar-refractivity contribution < 1.29 is 9.53 Å². The number of hydrogen-bond donors (Lipinski definition) is 1. The van der Waals surface area contributed by atoms with Crippen molar-refractivity contribution in [1.82, 2.24) is 19.9 Å². The summed E-state index contributed by atoms with van der Waals surface area (Å²) in [7, 11) is 0. The molecule has 0 unspecified atom stereocenters. The first-order chi connectivity index (χ1) is 14.5. The molecule has 4 rings (SSSR count). The van der Waals surface area contributed by atoms with E-state index in [2.05, 4.69) is 15.0 Å². The van der Waals surface area contributed by atoms with Gasteiger partial charge in [-0.2, -0.15) is 0 Å². The second-order valence-corrected chi connectivity index (χ2v) is 9.45. The third-order valence-electron chi connectivity index (χ3n) is 5.16. The zero-order valence-electron chi connectivity index (χ0n) is 17.0. The van der Waals surface area contributed by atoms with Gasteiger partial charge in [0, 0.05) is 18.0 Å². The summed E-state index contributed by atoms with van der Waals surface area (Å²) < 4.78 is 6.72. The number of aryl methyl sites for hydroxylation is 1. The fourth-order valence-corrected chi connectivity index (χ4v) is 5.23. The van der Waals surface area contributed by atoms with Crippen LogP contribution < -0.4 is 5.56 Å². The van der Waals surface area contributed by atoms with E-state index in [9.17, 15) is 9.59 Å². The molecule has 1 N–H and O–H groups in total. The van der Waals surface area contributed by atoms with Crippen LogP contribution in [0, 0.1) is 6.92 Å². The third-order valence-corrected chi connectivity index (χ3v) is 7.31. The van der Waals surface area contributed by atoms with E-state index in [1.54, 1.807) is 34.1 Å². The fraction of sp³-hybridized carbons (Fsp3) is 0.429. The lowest BCUT2D eigenvalue weighted by molar-refractivity contribution is -0.132. The lowest BCUT2D eigenvalue weighted by Gasteiger charge is -2.25. The minimum absolute atomic E-state index is 0.0132. The van der Waals surface area contributed by atoms with E-state index in [-0.39, 0.29) is 30.5 Å². The molecular weight excluding hydrogens is 420 g/mol. The lowest BCUT2D eigenvalue weighted by atomic mass is 10.2. The van der Waals surface area contributed by atoms with Gasteiger partial charge >= 0.3 is 0 Å². The number of H-pyrrole nitrogens is 1. The predicted octanol–water partition coefficient (Wildman–Crippen LogP) is 3.16. The van der Waals surface area contributed by atoms with Crippen molar-refractivity contribution >= 4 is 39.9 Å². The molecular formula is C21H24N4O3S2. The van der Waals surface area contributed by atoms with E-state index in [0.29, 0.717) is 23.3 Å². The summed E-state index contributed by atoms with van der Waals surface area (Å²) in [6.45, 7) is 3.39. The summed E-state index contributed by atoms with van der Waals surface area (Å²) in [4.78, 5) is 40.3. The van der Waals surface area contributed by atoms with Gasteiger partial charge in [0.1, 0.15) is 10.2 Å². The number of carbonyl (C=O) groups excluding carboxylic acids is 1. The Labute approximate surface area is 182 Å². The number of hydrogen-bond acceptors (Lipinski definition) is 7. The zero-order valence-corrected chi connectivity index (χ0v) is 18.6. The highest BCUT2D eigenvalue weighted by atomic mass is 32.2. The third kappa shape index (κ3) is 4.74. The van der Waals surface area contributed by atoms with Crippen molar-refractivity contribution in [3.8, 4) is 0 Å². The standard InChI is InChI=1S/C21H24N4O3S2/c1-13-17(30-21(22-13)29-2)10-19(26)25(11-14-6-5-9-28-14)12-18-23-16-8-4-3-7-15(16)20(27)24-18/h3-4,7-8,14H,5-6,9-12H2,1-2H3,(H,23,24,27)/t14-/m0/s1.